The third-order valence-electron chi connectivity index (χ3n) is 5.71. The number of thiophene rings is 1. The maximum atomic E-state index is 12.5. The van der Waals surface area contributed by atoms with Crippen LogP contribution in [0.5, 0.6) is 0 Å². The predicted octanol–water partition coefficient (Wildman–Crippen LogP) is 3.39. The third kappa shape index (κ3) is 3.17. The highest BCUT2D eigenvalue weighted by molar-refractivity contribution is 7.18. The highest BCUT2D eigenvalue weighted by atomic mass is 32.1. The number of amides is 1. The van der Waals surface area contributed by atoms with Gasteiger partial charge in [-0.3, -0.25) is 4.79 Å². The van der Waals surface area contributed by atoms with Crippen LogP contribution in [0.2, 0.25) is 0 Å². The highest BCUT2D eigenvalue weighted by Crippen LogP contribution is 2.47. The summed E-state index contributed by atoms with van der Waals surface area (Å²) in [4.78, 5) is 21.9. The zero-order valence-corrected chi connectivity index (χ0v) is 15.9. The molecule has 0 bridgehead atoms. The minimum atomic E-state index is -0.151. The van der Waals surface area contributed by atoms with Crippen molar-refractivity contribution in [2.24, 2.45) is 0 Å². The molecule has 1 saturated heterocycles. The molecule has 1 amide bonds. The van der Waals surface area contributed by atoms with Crippen molar-refractivity contribution in [1.82, 2.24) is 15.3 Å². The molecule has 2 aliphatic heterocycles. The molecule has 0 radical (unpaired) electrons. The van der Waals surface area contributed by atoms with Gasteiger partial charge in [0.25, 0.3) is 5.91 Å². The van der Waals surface area contributed by atoms with Crippen molar-refractivity contribution in [3.63, 3.8) is 0 Å². The summed E-state index contributed by atoms with van der Waals surface area (Å²) in [7, 11) is 0. The second-order valence-electron chi connectivity index (χ2n) is 7.57. The fraction of sp³-hybridized carbons (Fsp3) is 0.526. The quantitative estimate of drug-likeness (QED) is 0.748. The van der Waals surface area contributed by atoms with Gasteiger partial charge in [-0.1, -0.05) is 19.3 Å². The first kappa shape index (κ1) is 16.9. The van der Waals surface area contributed by atoms with Crippen molar-refractivity contribution in [3.05, 3.63) is 28.9 Å². The normalized spacial score (nSPS) is 23.3. The molecule has 142 valence electrons. The molecule has 5 rings (SSSR count). The summed E-state index contributed by atoms with van der Waals surface area (Å²) < 4.78 is 5.40. The van der Waals surface area contributed by atoms with Crippen LogP contribution in [-0.4, -0.2) is 35.1 Å². The van der Waals surface area contributed by atoms with E-state index in [-0.39, 0.29) is 11.4 Å². The average Bonchev–Trinajstić information content (AvgIpc) is 3.37. The van der Waals surface area contributed by atoms with Gasteiger partial charge in [0.2, 0.25) is 0 Å². The van der Waals surface area contributed by atoms with E-state index in [2.05, 4.69) is 32.0 Å². The molecule has 0 aromatic carbocycles. The molecule has 2 fully saturated rings. The summed E-state index contributed by atoms with van der Waals surface area (Å²) in [5.74, 6) is 1.58. The van der Waals surface area contributed by atoms with Crippen LogP contribution in [0, 0.1) is 0 Å². The number of carbonyl (C=O) groups is 1. The van der Waals surface area contributed by atoms with Crippen LogP contribution in [0.15, 0.2) is 18.5 Å². The standard InChI is InChI=1S/C19H23N5O2S/c25-18-17-13(19(24-18)5-2-1-3-6-19)8-16(27-17)23-15-9-14(20-11-21-15)22-12-4-7-26-10-12/h8-9,11-12H,1-7,10H2,(H,24,25)(H2,20,21,22,23)/t12-/m0/s1. The van der Waals surface area contributed by atoms with Crippen molar-refractivity contribution in [2.75, 3.05) is 23.8 Å². The van der Waals surface area contributed by atoms with E-state index in [4.69, 9.17) is 4.74 Å². The topological polar surface area (TPSA) is 88.2 Å². The van der Waals surface area contributed by atoms with Crippen molar-refractivity contribution >= 4 is 33.9 Å². The third-order valence-corrected chi connectivity index (χ3v) is 6.76. The van der Waals surface area contributed by atoms with Gasteiger partial charge < -0.3 is 20.7 Å². The summed E-state index contributed by atoms with van der Waals surface area (Å²) in [6.07, 6.45) is 8.21. The molecular formula is C19H23N5O2S. The van der Waals surface area contributed by atoms with Crippen LogP contribution in [0.4, 0.5) is 16.6 Å². The molecule has 1 atom stereocenters. The van der Waals surface area contributed by atoms with Gasteiger partial charge in [-0.15, -0.1) is 11.3 Å². The van der Waals surface area contributed by atoms with Crippen LogP contribution in [0.3, 0.4) is 0 Å². The molecule has 27 heavy (non-hydrogen) atoms. The fourth-order valence-corrected chi connectivity index (χ4v) is 5.42. The Bertz CT molecular complexity index is 856. The first-order chi connectivity index (χ1) is 13.2. The second-order valence-corrected chi connectivity index (χ2v) is 8.62. The Hall–Kier alpha value is -2.19. The Balaban J connectivity index is 1.35. The summed E-state index contributed by atoms with van der Waals surface area (Å²) in [5, 5.41) is 10.9. The number of hydrogen-bond acceptors (Lipinski definition) is 7. The van der Waals surface area contributed by atoms with E-state index in [1.807, 2.05) is 6.07 Å². The van der Waals surface area contributed by atoms with Gasteiger partial charge in [-0.2, -0.15) is 0 Å². The smallest absolute Gasteiger partial charge is 0.262 e. The number of nitrogens with zero attached hydrogens (tertiary/aromatic N) is 2. The molecule has 2 aromatic heterocycles. The number of anilines is 3. The number of ether oxygens (including phenoxy) is 1. The molecule has 7 nitrogen and oxygen atoms in total. The maximum Gasteiger partial charge on any atom is 0.262 e. The lowest BCUT2D eigenvalue weighted by Crippen LogP contribution is -2.40. The van der Waals surface area contributed by atoms with Crippen LogP contribution >= 0.6 is 11.3 Å². The van der Waals surface area contributed by atoms with E-state index in [1.54, 1.807) is 6.33 Å². The van der Waals surface area contributed by atoms with Crippen LogP contribution in [-0.2, 0) is 10.3 Å². The Kier molecular flexibility index (Phi) is 4.24. The lowest BCUT2D eigenvalue weighted by atomic mass is 9.78. The van der Waals surface area contributed by atoms with Gasteiger partial charge >= 0.3 is 0 Å². The lowest BCUT2D eigenvalue weighted by Gasteiger charge is -2.33. The zero-order chi connectivity index (χ0) is 18.3. The number of fused-ring (bicyclic) bond motifs is 2. The SMILES string of the molecule is O=C1NC2(CCCCC2)c2cc(Nc3cc(N[C@H]4CCOC4)ncn3)sc21. The van der Waals surface area contributed by atoms with Gasteiger partial charge in [-0.05, 0) is 25.3 Å². The van der Waals surface area contributed by atoms with Crippen LogP contribution in [0.25, 0.3) is 0 Å². The van der Waals surface area contributed by atoms with Crippen molar-refractivity contribution in [1.29, 1.82) is 0 Å². The Labute approximate surface area is 161 Å². The van der Waals surface area contributed by atoms with Crippen molar-refractivity contribution in [3.8, 4) is 0 Å². The van der Waals surface area contributed by atoms with E-state index < -0.39 is 0 Å². The maximum absolute atomic E-state index is 12.5. The summed E-state index contributed by atoms with van der Waals surface area (Å²) in [5.41, 5.74) is 1.01. The molecule has 2 aromatic rings. The molecule has 1 saturated carbocycles. The number of carbonyl (C=O) groups excluding carboxylic acids is 1. The molecule has 0 unspecified atom stereocenters. The van der Waals surface area contributed by atoms with E-state index in [0.717, 1.165) is 52.9 Å². The molecule has 4 heterocycles. The van der Waals surface area contributed by atoms with E-state index in [1.165, 1.54) is 30.6 Å². The summed E-state index contributed by atoms with van der Waals surface area (Å²) in [6.45, 7) is 1.50. The van der Waals surface area contributed by atoms with Crippen molar-refractivity contribution < 1.29 is 9.53 Å². The van der Waals surface area contributed by atoms with Crippen molar-refractivity contribution in [2.45, 2.75) is 50.1 Å². The van der Waals surface area contributed by atoms with Gasteiger partial charge in [0.05, 0.1) is 28.1 Å². The van der Waals surface area contributed by atoms with Gasteiger partial charge in [0.1, 0.15) is 18.0 Å². The van der Waals surface area contributed by atoms with Gasteiger partial charge in [0, 0.05) is 18.2 Å². The van der Waals surface area contributed by atoms with Gasteiger partial charge in [-0.25, -0.2) is 9.97 Å². The molecule has 1 spiro atoms. The zero-order valence-electron chi connectivity index (χ0n) is 15.1. The molecule has 1 aliphatic carbocycles. The number of nitrogens with one attached hydrogen (secondary N) is 3. The largest absolute Gasteiger partial charge is 0.379 e. The van der Waals surface area contributed by atoms with Crippen LogP contribution in [0.1, 0.15) is 53.8 Å². The fourth-order valence-electron chi connectivity index (χ4n) is 4.36. The average molecular weight is 385 g/mol. The predicted molar refractivity (Wildman–Crippen MR) is 105 cm³/mol. The highest BCUT2D eigenvalue weighted by Gasteiger charge is 2.44. The second kappa shape index (κ2) is 6.76. The Morgan fingerprint density at radius 1 is 1.19 bits per heavy atom. The van der Waals surface area contributed by atoms with E-state index in [9.17, 15) is 4.79 Å². The summed E-state index contributed by atoms with van der Waals surface area (Å²) >= 11 is 1.51. The number of hydrogen-bond donors (Lipinski definition) is 3. The Morgan fingerprint density at radius 3 is 2.85 bits per heavy atom. The molecule has 3 N–H and O–H groups in total. The van der Waals surface area contributed by atoms with E-state index >= 15 is 0 Å². The molecular weight excluding hydrogens is 362 g/mol. The summed E-state index contributed by atoms with van der Waals surface area (Å²) in [6, 6.07) is 4.33. The van der Waals surface area contributed by atoms with E-state index in [0.29, 0.717) is 12.6 Å². The number of aromatic nitrogens is 2. The minimum Gasteiger partial charge on any atom is -0.379 e. The number of rotatable bonds is 4. The molecule has 8 heteroatoms. The van der Waals surface area contributed by atoms with Gasteiger partial charge in [0.15, 0.2) is 0 Å². The first-order valence-electron chi connectivity index (χ1n) is 9.62. The lowest BCUT2D eigenvalue weighted by molar-refractivity contribution is 0.0912. The monoisotopic (exact) mass is 385 g/mol. The van der Waals surface area contributed by atoms with Crippen LogP contribution < -0.4 is 16.0 Å². The molecule has 3 aliphatic rings. The minimum absolute atomic E-state index is 0.0660. The first-order valence-corrected chi connectivity index (χ1v) is 10.4. The Morgan fingerprint density at radius 2 is 2.04 bits per heavy atom.